The molecular weight excluding hydrogens is 220 g/mol. The van der Waals surface area contributed by atoms with Crippen molar-refractivity contribution in [3.63, 3.8) is 0 Å². The number of aliphatic hydroxyl groups is 1. The molecule has 1 aliphatic carbocycles. The minimum Gasteiger partial charge on any atom is -0.465 e. The van der Waals surface area contributed by atoms with Gasteiger partial charge in [-0.3, -0.25) is 0 Å². The zero-order chi connectivity index (χ0) is 8.77. The zero-order valence-electron chi connectivity index (χ0n) is 6.88. The van der Waals surface area contributed by atoms with Crippen molar-refractivity contribution in [3.05, 3.63) is 22.6 Å². The molecule has 1 heterocycles. The molecule has 1 N–H and O–H groups in total. The smallest absolute Gasteiger partial charge is 0.149 e. The van der Waals surface area contributed by atoms with Crippen LogP contribution in [0.1, 0.15) is 25.5 Å². The van der Waals surface area contributed by atoms with Crippen LogP contribution in [0, 0.1) is 5.92 Å². The lowest BCUT2D eigenvalue weighted by Crippen LogP contribution is -2.39. The molecule has 0 bridgehead atoms. The van der Waals surface area contributed by atoms with Gasteiger partial charge >= 0.3 is 0 Å². The van der Waals surface area contributed by atoms with Gasteiger partial charge in [-0.2, -0.15) is 0 Å². The van der Waals surface area contributed by atoms with Gasteiger partial charge in [0.2, 0.25) is 0 Å². The van der Waals surface area contributed by atoms with Gasteiger partial charge in [0.25, 0.3) is 0 Å². The summed E-state index contributed by atoms with van der Waals surface area (Å²) in [6.07, 6.45) is 3.21. The van der Waals surface area contributed by atoms with Gasteiger partial charge < -0.3 is 9.52 Å². The van der Waals surface area contributed by atoms with Gasteiger partial charge in [-0.05, 0) is 40.8 Å². The summed E-state index contributed by atoms with van der Waals surface area (Å²) in [5.41, 5.74) is -0.707. The molecular formula is C9H11BrO2. The lowest BCUT2D eigenvalue weighted by Gasteiger charge is -2.40. The average Bonchev–Trinajstić information content (AvgIpc) is 2.32. The monoisotopic (exact) mass is 230 g/mol. The average molecular weight is 231 g/mol. The Kier molecular flexibility index (Phi) is 1.81. The van der Waals surface area contributed by atoms with Gasteiger partial charge in [-0.15, -0.1) is 0 Å². The normalized spacial score (nSPS) is 34.8. The van der Waals surface area contributed by atoms with Crippen LogP contribution in [0.4, 0.5) is 0 Å². The summed E-state index contributed by atoms with van der Waals surface area (Å²) in [7, 11) is 0. The molecule has 0 aromatic carbocycles. The molecule has 0 radical (unpaired) electrons. The van der Waals surface area contributed by atoms with E-state index in [1.165, 1.54) is 0 Å². The number of furan rings is 1. The van der Waals surface area contributed by atoms with E-state index < -0.39 is 5.60 Å². The number of rotatable bonds is 1. The van der Waals surface area contributed by atoms with Crippen molar-refractivity contribution in [2.75, 3.05) is 0 Å². The maximum atomic E-state index is 10.00. The van der Waals surface area contributed by atoms with Gasteiger partial charge in [-0.1, -0.05) is 6.92 Å². The van der Waals surface area contributed by atoms with Crippen LogP contribution >= 0.6 is 15.9 Å². The quantitative estimate of drug-likeness (QED) is 0.805. The van der Waals surface area contributed by atoms with Gasteiger partial charge in [0.1, 0.15) is 11.4 Å². The summed E-state index contributed by atoms with van der Waals surface area (Å²) in [6.45, 7) is 2.13. The van der Waals surface area contributed by atoms with Gasteiger partial charge in [-0.25, -0.2) is 0 Å². The van der Waals surface area contributed by atoms with Crippen LogP contribution in [-0.2, 0) is 5.60 Å². The van der Waals surface area contributed by atoms with E-state index in [-0.39, 0.29) is 0 Å². The molecule has 1 saturated carbocycles. The number of halogens is 1. The van der Waals surface area contributed by atoms with E-state index in [4.69, 9.17) is 4.42 Å². The van der Waals surface area contributed by atoms with Crippen LogP contribution in [0.5, 0.6) is 0 Å². The van der Waals surface area contributed by atoms with Gasteiger partial charge in [0, 0.05) is 0 Å². The zero-order valence-corrected chi connectivity index (χ0v) is 8.47. The molecule has 1 aliphatic rings. The Morgan fingerprint density at radius 1 is 1.67 bits per heavy atom. The molecule has 1 aromatic heterocycles. The van der Waals surface area contributed by atoms with Gasteiger partial charge in [0.15, 0.2) is 0 Å². The third-order valence-electron chi connectivity index (χ3n) is 2.41. The fourth-order valence-electron chi connectivity index (χ4n) is 1.90. The fraction of sp³-hybridized carbons (Fsp3) is 0.556. The summed E-state index contributed by atoms with van der Waals surface area (Å²) in [5.74, 6) is 1.28. The highest BCUT2D eigenvalue weighted by atomic mass is 79.9. The van der Waals surface area contributed by atoms with E-state index in [1.54, 1.807) is 6.26 Å². The molecule has 0 amide bonds. The first-order valence-corrected chi connectivity index (χ1v) is 4.87. The number of hydrogen-bond acceptors (Lipinski definition) is 2. The largest absolute Gasteiger partial charge is 0.465 e. The van der Waals surface area contributed by atoms with Crippen LogP contribution in [0.25, 0.3) is 0 Å². The van der Waals surface area contributed by atoms with Crippen molar-refractivity contribution >= 4 is 15.9 Å². The molecule has 1 fully saturated rings. The highest BCUT2D eigenvalue weighted by Gasteiger charge is 2.45. The summed E-state index contributed by atoms with van der Waals surface area (Å²) in [4.78, 5) is 0. The first kappa shape index (κ1) is 8.32. The lowest BCUT2D eigenvalue weighted by atomic mass is 9.71. The molecule has 2 nitrogen and oxygen atoms in total. The number of hydrogen-bond donors (Lipinski definition) is 1. The Morgan fingerprint density at radius 3 is 2.75 bits per heavy atom. The fourth-order valence-corrected chi connectivity index (χ4v) is 2.47. The van der Waals surface area contributed by atoms with Crippen LogP contribution < -0.4 is 0 Å². The van der Waals surface area contributed by atoms with Crippen LogP contribution in [-0.4, -0.2) is 5.11 Å². The second-order valence-corrected chi connectivity index (χ2v) is 4.50. The third kappa shape index (κ3) is 1.12. The first-order chi connectivity index (χ1) is 5.62. The molecule has 0 spiro atoms. The highest BCUT2D eigenvalue weighted by molar-refractivity contribution is 9.10. The van der Waals surface area contributed by atoms with Crippen molar-refractivity contribution in [3.8, 4) is 0 Å². The van der Waals surface area contributed by atoms with Crippen molar-refractivity contribution < 1.29 is 9.52 Å². The molecule has 2 rings (SSSR count). The standard InChI is InChI=1S/C9H11BrO2/c1-6-4-9(11,5-6)8-7(10)2-3-12-8/h2-3,6,11H,4-5H2,1H3. The highest BCUT2D eigenvalue weighted by Crippen LogP contribution is 2.47. The molecule has 0 unspecified atom stereocenters. The molecule has 0 saturated heterocycles. The molecule has 3 heteroatoms. The summed E-state index contributed by atoms with van der Waals surface area (Å²) in [5, 5.41) is 10.00. The molecule has 66 valence electrons. The van der Waals surface area contributed by atoms with Crippen molar-refractivity contribution in [1.29, 1.82) is 0 Å². The van der Waals surface area contributed by atoms with E-state index in [0.717, 1.165) is 17.3 Å². The van der Waals surface area contributed by atoms with E-state index >= 15 is 0 Å². The van der Waals surface area contributed by atoms with Crippen LogP contribution in [0.15, 0.2) is 21.2 Å². The minimum absolute atomic E-state index is 0.604. The molecule has 1 aromatic rings. The first-order valence-electron chi connectivity index (χ1n) is 4.08. The topological polar surface area (TPSA) is 33.4 Å². The minimum atomic E-state index is -0.707. The Morgan fingerprint density at radius 2 is 2.33 bits per heavy atom. The summed E-state index contributed by atoms with van der Waals surface area (Å²) >= 11 is 3.34. The van der Waals surface area contributed by atoms with Crippen molar-refractivity contribution in [1.82, 2.24) is 0 Å². The van der Waals surface area contributed by atoms with Crippen LogP contribution in [0.2, 0.25) is 0 Å². The van der Waals surface area contributed by atoms with Crippen molar-refractivity contribution in [2.24, 2.45) is 5.92 Å². The van der Waals surface area contributed by atoms with Gasteiger partial charge in [0.05, 0.1) is 10.7 Å². The Balaban J connectivity index is 2.26. The molecule has 0 aliphatic heterocycles. The van der Waals surface area contributed by atoms with E-state index in [2.05, 4.69) is 22.9 Å². The third-order valence-corrected chi connectivity index (χ3v) is 3.04. The molecule has 12 heavy (non-hydrogen) atoms. The van der Waals surface area contributed by atoms with E-state index in [1.807, 2.05) is 6.07 Å². The predicted molar refractivity (Wildman–Crippen MR) is 48.7 cm³/mol. The van der Waals surface area contributed by atoms with Crippen LogP contribution in [0.3, 0.4) is 0 Å². The second kappa shape index (κ2) is 2.60. The Hall–Kier alpha value is -0.280. The molecule has 0 atom stereocenters. The van der Waals surface area contributed by atoms with E-state index in [9.17, 15) is 5.11 Å². The maximum Gasteiger partial charge on any atom is 0.149 e. The summed E-state index contributed by atoms with van der Waals surface area (Å²) < 4.78 is 6.09. The SMILES string of the molecule is CC1CC(O)(c2occc2Br)C1. The van der Waals surface area contributed by atoms with E-state index in [0.29, 0.717) is 11.7 Å². The maximum absolute atomic E-state index is 10.00. The summed E-state index contributed by atoms with van der Waals surface area (Å²) in [6, 6.07) is 1.82. The Bertz CT molecular complexity index is 286. The Labute approximate surface area is 79.7 Å². The predicted octanol–water partition coefficient (Wildman–Crippen LogP) is 2.66. The second-order valence-electron chi connectivity index (χ2n) is 3.64. The van der Waals surface area contributed by atoms with Crippen molar-refractivity contribution in [2.45, 2.75) is 25.4 Å². The lowest BCUT2D eigenvalue weighted by molar-refractivity contribution is -0.0900.